The summed E-state index contributed by atoms with van der Waals surface area (Å²) in [7, 11) is 0. The number of nitrogens with one attached hydrogen (secondary N) is 1. The zero-order valence-corrected chi connectivity index (χ0v) is 27.6. The lowest BCUT2D eigenvalue weighted by Crippen LogP contribution is -2.33. The summed E-state index contributed by atoms with van der Waals surface area (Å²) >= 11 is 0. The lowest BCUT2D eigenvalue weighted by Gasteiger charge is -2.24. The molecule has 1 N–H and O–H groups in total. The first-order valence-corrected chi connectivity index (χ1v) is 17.3. The Hall–Kier alpha value is -6.78. The molecule has 1 atom stereocenters. The maximum absolute atomic E-state index is 6.71. The van der Waals surface area contributed by atoms with Crippen LogP contribution >= 0.6 is 0 Å². The molecule has 51 heavy (non-hydrogen) atoms. The second-order valence-electron chi connectivity index (χ2n) is 13.0. The van der Waals surface area contributed by atoms with Gasteiger partial charge >= 0.3 is 0 Å². The molecule has 0 fully saturated rings. The minimum absolute atomic E-state index is 0.333. The van der Waals surface area contributed by atoms with Crippen molar-refractivity contribution < 1.29 is 4.42 Å². The molecule has 1 aliphatic heterocycles. The van der Waals surface area contributed by atoms with Gasteiger partial charge in [-0.1, -0.05) is 152 Å². The largest absolute Gasteiger partial charge is 0.455 e. The molecule has 240 valence electrons. The molecule has 2 heterocycles. The standard InChI is InChI=1S/C47H31N3O/c1-3-11-30(12-4-1)31-19-22-34(23-20-31)46-48-45(33-14-5-2-6-15-33)49-47(50-46)41-28-27-39(44-43(41)40-17-9-10-18-42(40)51-44)36-25-26-38-35(29-36)24-21-32-13-7-8-16-37(32)38/h1-29,46H,(H,48,49,50). The zero-order valence-electron chi connectivity index (χ0n) is 27.6. The lowest BCUT2D eigenvalue weighted by molar-refractivity contribution is 0.669. The molecule has 4 nitrogen and oxygen atoms in total. The number of amidine groups is 2. The van der Waals surface area contributed by atoms with Crippen LogP contribution in [0.2, 0.25) is 0 Å². The van der Waals surface area contributed by atoms with Gasteiger partial charge in [0.25, 0.3) is 0 Å². The molecule has 0 spiro atoms. The van der Waals surface area contributed by atoms with Crippen molar-refractivity contribution in [2.24, 2.45) is 9.98 Å². The van der Waals surface area contributed by atoms with Crippen molar-refractivity contribution in [3.05, 3.63) is 193 Å². The Labute approximate surface area is 295 Å². The number of benzene rings is 8. The molecule has 0 saturated heterocycles. The molecule has 9 aromatic rings. The number of rotatable bonds is 5. The van der Waals surface area contributed by atoms with Crippen LogP contribution in [0.25, 0.3) is 65.7 Å². The van der Waals surface area contributed by atoms with Crippen LogP contribution in [0.15, 0.2) is 190 Å². The SMILES string of the molecule is c1ccc(C2=NC(c3ccc(-c4ccc5c(ccc6ccccc65)c4)c4oc5ccccc5c34)=NC(c3ccc(-c4ccccc4)cc3)N2)cc1. The third-order valence-electron chi connectivity index (χ3n) is 9.95. The van der Waals surface area contributed by atoms with Crippen molar-refractivity contribution >= 4 is 55.2 Å². The van der Waals surface area contributed by atoms with Crippen LogP contribution < -0.4 is 5.32 Å². The van der Waals surface area contributed by atoms with Crippen LogP contribution in [0.3, 0.4) is 0 Å². The molecular formula is C47H31N3O. The summed E-state index contributed by atoms with van der Waals surface area (Å²) in [6.45, 7) is 0. The molecule has 0 amide bonds. The van der Waals surface area contributed by atoms with Gasteiger partial charge in [-0.25, -0.2) is 9.98 Å². The van der Waals surface area contributed by atoms with Gasteiger partial charge in [-0.05, 0) is 68.1 Å². The number of hydrogen-bond donors (Lipinski definition) is 1. The first-order chi connectivity index (χ1) is 25.3. The minimum atomic E-state index is -0.333. The van der Waals surface area contributed by atoms with E-state index in [0.717, 1.165) is 55.6 Å². The number of aliphatic imine (C=N–C) groups is 2. The van der Waals surface area contributed by atoms with E-state index in [4.69, 9.17) is 14.4 Å². The maximum atomic E-state index is 6.71. The predicted molar refractivity (Wildman–Crippen MR) is 211 cm³/mol. The molecule has 1 unspecified atom stereocenters. The first-order valence-electron chi connectivity index (χ1n) is 17.3. The molecule has 0 bridgehead atoms. The zero-order chi connectivity index (χ0) is 33.7. The van der Waals surface area contributed by atoms with Gasteiger partial charge in [0, 0.05) is 27.5 Å². The molecule has 8 aromatic carbocycles. The Bertz CT molecular complexity index is 2820. The summed E-state index contributed by atoms with van der Waals surface area (Å²) in [5.74, 6) is 1.45. The second-order valence-corrected chi connectivity index (χ2v) is 13.0. The number of para-hydroxylation sites is 1. The van der Waals surface area contributed by atoms with E-state index in [9.17, 15) is 0 Å². The van der Waals surface area contributed by atoms with E-state index >= 15 is 0 Å². The van der Waals surface area contributed by atoms with Crippen molar-refractivity contribution in [3.8, 4) is 22.3 Å². The normalized spacial score (nSPS) is 14.5. The summed E-state index contributed by atoms with van der Waals surface area (Å²) in [6, 6.07) is 61.6. The molecule has 1 aromatic heterocycles. The number of furan rings is 1. The summed E-state index contributed by atoms with van der Waals surface area (Å²) in [4.78, 5) is 10.5. The van der Waals surface area contributed by atoms with Gasteiger partial charge in [-0.3, -0.25) is 0 Å². The highest BCUT2D eigenvalue weighted by Gasteiger charge is 2.25. The Balaban J connectivity index is 1.14. The van der Waals surface area contributed by atoms with Gasteiger partial charge in [0.1, 0.15) is 23.2 Å². The Morgan fingerprint density at radius 3 is 1.92 bits per heavy atom. The smallest absolute Gasteiger partial charge is 0.160 e. The average molecular weight is 654 g/mol. The van der Waals surface area contributed by atoms with Crippen LogP contribution in [-0.2, 0) is 0 Å². The van der Waals surface area contributed by atoms with E-state index in [1.165, 1.54) is 32.7 Å². The third kappa shape index (κ3) is 5.08. The quantitative estimate of drug-likeness (QED) is 0.188. The average Bonchev–Trinajstić information content (AvgIpc) is 3.61. The van der Waals surface area contributed by atoms with Gasteiger partial charge in [0.15, 0.2) is 5.84 Å². The first kappa shape index (κ1) is 29.2. The van der Waals surface area contributed by atoms with Gasteiger partial charge in [0.2, 0.25) is 0 Å². The Morgan fingerprint density at radius 1 is 0.471 bits per heavy atom. The summed E-state index contributed by atoms with van der Waals surface area (Å²) in [5.41, 5.74) is 9.16. The van der Waals surface area contributed by atoms with Crippen molar-refractivity contribution in [2.75, 3.05) is 0 Å². The van der Waals surface area contributed by atoms with Crippen LogP contribution in [0.5, 0.6) is 0 Å². The van der Waals surface area contributed by atoms with Gasteiger partial charge < -0.3 is 9.73 Å². The molecule has 10 rings (SSSR count). The van der Waals surface area contributed by atoms with Crippen molar-refractivity contribution in [2.45, 2.75) is 6.17 Å². The Morgan fingerprint density at radius 2 is 1.10 bits per heavy atom. The fourth-order valence-corrected chi connectivity index (χ4v) is 7.39. The third-order valence-corrected chi connectivity index (χ3v) is 9.95. The molecule has 4 heteroatoms. The van der Waals surface area contributed by atoms with Gasteiger partial charge in [-0.2, -0.15) is 0 Å². The monoisotopic (exact) mass is 653 g/mol. The van der Waals surface area contributed by atoms with E-state index in [0.29, 0.717) is 5.84 Å². The van der Waals surface area contributed by atoms with E-state index in [2.05, 4.69) is 145 Å². The number of hydrogen-bond acceptors (Lipinski definition) is 4. The van der Waals surface area contributed by atoms with Crippen LogP contribution in [0.1, 0.15) is 22.9 Å². The Kier molecular flexibility index (Phi) is 6.85. The molecular weight excluding hydrogens is 623 g/mol. The predicted octanol–water partition coefficient (Wildman–Crippen LogP) is 11.7. The highest BCUT2D eigenvalue weighted by atomic mass is 16.3. The van der Waals surface area contributed by atoms with Crippen LogP contribution in [-0.4, -0.2) is 11.7 Å². The minimum Gasteiger partial charge on any atom is -0.455 e. The van der Waals surface area contributed by atoms with Gasteiger partial charge in [-0.15, -0.1) is 0 Å². The fraction of sp³-hybridized carbons (Fsp3) is 0.0213. The topological polar surface area (TPSA) is 49.9 Å². The summed E-state index contributed by atoms with van der Waals surface area (Å²) in [5, 5.41) is 10.6. The van der Waals surface area contributed by atoms with E-state index in [1.54, 1.807) is 0 Å². The van der Waals surface area contributed by atoms with Crippen LogP contribution in [0, 0.1) is 0 Å². The molecule has 0 aliphatic carbocycles. The van der Waals surface area contributed by atoms with E-state index in [-0.39, 0.29) is 6.17 Å². The second kappa shape index (κ2) is 12.0. The van der Waals surface area contributed by atoms with Gasteiger partial charge in [0.05, 0.1) is 0 Å². The van der Waals surface area contributed by atoms with Crippen molar-refractivity contribution in [1.29, 1.82) is 0 Å². The van der Waals surface area contributed by atoms with Crippen LogP contribution in [0.4, 0.5) is 0 Å². The van der Waals surface area contributed by atoms with E-state index < -0.39 is 0 Å². The summed E-state index contributed by atoms with van der Waals surface area (Å²) < 4.78 is 6.71. The molecule has 0 saturated carbocycles. The maximum Gasteiger partial charge on any atom is 0.160 e. The number of fused-ring (bicyclic) bond motifs is 6. The molecule has 0 radical (unpaired) electrons. The van der Waals surface area contributed by atoms with Crippen molar-refractivity contribution in [3.63, 3.8) is 0 Å². The number of nitrogens with zero attached hydrogens (tertiary/aromatic N) is 2. The fourth-order valence-electron chi connectivity index (χ4n) is 7.39. The van der Waals surface area contributed by atoms with E-state index in [1.807, 2.05) is 36.4 Å². The highest BCUT2D eigenvalue weighted by molar-refractivity contribution is 6.24. The molecule has 1 aliphatic rings. The lowest BCUT2D eigenvalue weighted by atomic mass is 9.94. The highest BCUT2D eigenvalue weighted by Crippen LogP contribution is 2.40. The summed E-state index contributed by atoms with van der Waals surface area (Å²) in [6.07, 6.45) is -0.333. The van der Waals surface area contributed by atoms with Crippen molar-refractivity contribution in [1.82, 2.24) is 5.32 Å².